The van der Waals surface area contributed by atoms with Crippen LogP contribution < -0.4 is 5.63 Å². The first kappa shape index (κ1) is 18.6. The molecule has 2 heterocycles. The number of benzene rings is 1. The fraction of sp³-hybridized carbons (Fsp3) is 0.333. The van der Waals surface area contributed by atoms with Gasteiger partial charge in [0.05, 0.1) is 23.6 Å². The molecule has 1 aliphatic heterocycles. The third kappa shape index (κ3) is 3.69. The third-order valence-electron chi connectivity index (χ3n) is 4.38. The van der Waals surface area contributed by atoms with Gasteiger partial charge < -0.3 is 9.32 Å². The van der Waals surface area contributed by atoms with Gasteiger partial charge in [0.25, 0.3) is 5.92 Å². The summed E-state index contributed by atoms with van der Waals surface area (Å²) in [6, 6.07) is 3.65. The van der Waals surface area contributed by atoms with E-state index in [9.17, 15) is 27.6 Å². The number of likely N-dealkylation sites (tertiary alicyclic amines) is 1. The van der Waals surface area contributed by atoms with Crippen molar-refractivity contribution in [1.29, 1.82) is 5.26 Å². The quantitative estimate of drug-likeness (QED) is 0.763. The molecule has 2 aromatic rings. The maximum atomic E-state index is 13.5. The molecule has 1 fully saturated rings. The van der Waals surface area contributed by atoms with Crippen LogP contribution in [-0.2, 0) is 4.79 Å². The lowest BCUT2D eigenvalue weighted by Gasteiger charge is -2.18. The molecule has 1 atom stereocenters. The summed E-state index contributed by atoms with van der Waals surface area (Å²) in [6.45, 7) is -0.868. The van der Waals surface area contributed by atoms with Crippen molar-refractivity contribution >= 4 is 22.5 Å². The first-order valence-corrected chi connectivity index (χ1v) is 8.03. The summed E-state index contributed by atoms with van der Waals surface area (Å²) >= 11 is 0. The average Bonchev–Trinajstić information content (AvgIpc) is 2.94. The molecule has 27 heavy (non-hydrogen) atoms. The predicted molar refractivity (Wildman–Crippen MR) is 86.7 cm³/mol. The van der Waals surface area contributed by atoms with Gasteiger partial charge in [-0.25, -0.2) is 18.0 Å². The smallest absolute Gasteiger partial charge is 0.343 e. The highest BCUT2D eigenvalue weighted by Gasteiger charge is 2.47. The lowest BCUT2D eigenvalue weighted by Crippen LogP contribution is -2.36. The van der Waals surface area contributed by atoms with Gasteiger partial charge in [0.2, 0.25) is 5.91 Å². The molecule has 1 saturated heterocycles. The molecule has 6 nitrogen and oxygen atoms in total. The Morgan fingerprint density at radius 1 is 1.30 bits per heavy atom. The van der Waals surface area contributed by atoms with Gasteiger partial charge >= 0.3 is 5.63 Å². The maximum Gasteiger partial charge on any atom is 0.343 e. The van der Waals surface area contributed by atoms with E-state index >= 15 is 0 Å². The Hall–Kier alpha value is -3.15. The highest BCUT2D eigenvalue weighted by Crippen LogP contribution is 2.32. The molecular weight excluding hydrogens is 365 g/mol. The number of rotatable bonds is 4. The van der Waals surface area contributed by atoms with E-state index in [2.05, 4.69) is 0 Å². The summed E-state index contributed by atoms with van der Waals surface area (Å²) in [5.41, 5.74) is -0.825. The summed E-state index contributed by atoms with van der Waals surface area (Å²) in [5.74, 6) is -5.16. The minimum Gasteiger partial charge on any atom is -0.430 e. The Balaban J connectivity index is 1.77. The van der Waals surface area contributed by atoms with E-state index in [4.69, 9.17) is 9.68 Å². The second kappa shape index (κ2) is 6.87. The Morgan fingerprint density at radius 3 is 2.74 bits per heavy atom. The zero-order valence-electron chi connectivity index (χ0n) is 13.9. The number of fused-ring (bicyclic) bond motifs is 1. The zero-order valence-corrected chi connectivity index (χ0v) is 13.9. The molecule has 3 rings (SSSR count). The van der Waals surface area contributed by atoms with Crippen LogP contribution in [0, 0.1) is 17.1 Å². The van der Waals surface area contributed by atoms with Crippen LogP contribution in [0.4, 0.5) is 13.2 Å². The standard InChI is InChI=1S/C18H13F3N2O4/c19-10-1-2-12-13(5-10)14(8-27-17(12)26)15(24)3-4-16(25)23-9-18(20,21)6-11(23)7-22/h1-2,5,8,11H,3-4,6,9H2/t11-/m0/s1. The Bertz CT molecular complexity index is 1030. The Morgan fingerprint density at radius 2 is 2.04 bits per heavy atom. The molecule has 1 aromatic heterocycles. The van der Waals surface area contributed by atoms with Crippen LogP contribution in [0.15, 0.2) is 33.7 Å². The topological polar surface area (TPSA) is 91.4 Å². The van der Waals surface area contributed by atoms with Crippen molar-refractivity contribution in [3.05, 3.63) is 46.3 Å². The number of hydrogen-bond donors (Lipinski definition) is 0. The number of ketones is 1. The van der Waals surface area contributed by atoms with E-state index in [-0.39, 0.29) is 22.8 Å². The van der Waals surface area contributed by atoms with E-state index in [1.54, 1.807) is 6.07 Å². The summed E-state index contributed by atoms with van der Waals surface area (Å²) in [6.07, 6.45) is -0.614. The average molecular weight is 378 g/mol. The minimum absolute atomic E-state index is 0.0114. The van der Waals surface area contributed by atoms with Gasteiger partial charge in [-0.1, -0.05) is 0 Å². The lowest BCUT2D eigenvalue weighted by molar-refractivity contribution is -0.132. The molecule has 1 amide bonds. The molecule has 1 aliphatic rings. The molecule has 0 bridgehead atoms. The van der Waals surface area contributed by atoms with Crippen LogP contribution in [0.2, 0.25) is 0 Å². The molecule has 0 unspecified atom stereocenters. The van der Waals surface area contributed by atoms with Gasteiger partial charge in [0.1, 0.15) is 18.1 Å². The van der Waals surface area contributed by atoms with E-state index in [0.717, 1.165) is 23.3 Å². The van der Waals surface area contributed by atoms with Gasteiger partial charge in [0.15, 0.2) is 5.78 Å². The number of amides is 1. The van der Waals surface area contributed by atoms with E-state index in [0.29, 0.717) is 0 Å². The van der Waals surface area contributed by atoms with Crippen molar-refractivity contribution in [2.24, 2.45) is 0 Å². The third-order valence-corrected chi connectivity index (χ3v) is 4.38. The van der Waals surface area contributed by atoms with Crippen molar-refractivity contribution in [1.82, 2.24) is 4.90 Å². The highest BCUT2D eigenvalue weighted by atomic mass is 19.3. The summed E-state index contributed by atoms with van der Waals surface area (Å²) < 4.78 is 45.1. The molecule has 140 valence electrons. The molecule has 0 spiro atoms. The fourth-order valence-electron chi connectivity index (χ4n) is 3.07. The second-order valence-electron chi connectivity index (χ2n) is 6.28. The Labute approximate surface area is 150 Å². The van der Waals surface area contributed by atoms with Crippen molar-refractivity contribution in [2.45, 2.75) is 31.2 Å². The summed E-state index contributed by atoms with van der Waals surface area (Å²) in [5, 5.41) is 8.98. The van der Waals surface area contributed by atoms with Crippen molar-refractivity contribution < 1.29 is 27.2 Å². The van der Waals surface area contributed by atoms with Gasteiger partial charge in [-0.2, -0.15) is 5.26 Å². The van der Waals surface area contributed by atoms with Crippen LogP contribution >= 0.6 is 0 Å². The lowest BCUT2D eigenvalue weighted by atomic mass is 10.0. The number of Topliss-reactive ketones (excluding diaryl/α,β-unsaturated/α-hetero) is 1. The Kier molecular flexibility index (Phi) is 4.74. The first-order valence-electron chi connectivity index (χ1n) is 8.03. The first-order chi connectivity index (χ1) is 12.7. The number of nitriles is 1. The number of carbonyl (C=O) groups excluding carboxylic acids is 2. The SMILES string of the molecule is N#C[C@@H]1CC(F)(F)CN1C(=O)CCC(=O)c1coc(=O)c2ccc(F)cc12. The van der Waals surface area contributed by atoms with Crippen molar-refractivity contribution in [3.8, 4) is 6.07 Å². The molecular formula is C18H13F3N2O4. The molecule has 0 aliphatic carbocycles. The van der Waals surface area contributed by atoms with Crippen LogP contribution in [0.5, 0.6) is 0 Å². The molecule has 1 aromatic carbocycles. The number of carbonyl (C=O) groups is 2. The normalized spacial score (nSPS) is 18.4. The molecule has 0 saturated carbocycles. The maximum absolute atomic E-state index is 13.5. The van der Waals surface area contributed by atoms with Crippen molar-refractivity contribution in [2.75, 3.05) is 6.54 Å². The number of alkyl halides is 2. The van der Waals surface area contributed by atoms with Gasteiger partial charge in [0, 0.05) is 24.6 Å². The van der Waals surface area contributed by atoms with Gasteiger partial charge in [-0.05, 0) is 18.2 Å². The van der Waals surface area contributed by atoms with Crippen LogP contribution in [-0.4, -0.2) is 35.1 Å². The van der Waals surface area contributed by atoms with Gasteiger partial charge in [-0.15, -0.1) is 0 Å². The molecule has 0 N–H and O–H groups in total. The second-order valence-corrected chi connectivity index (χ2v) is 6.28. The van der Waals surface area contributed by atoms with Crippen molar-refractivity contribution in [3.63, 3.8) is 0 Å². The number of hydrogen-bond acceptors (Lipinski definition) is 5. The highest BCUT2D eigenvalue weighted by molar-refractivity contribution is 6.08. The van der Waals surface area contributed by atoms with E-state index < -0.39 is 54.5 Å². The number of nitrogens with zero attached hydrogens (tertiary/aromatic N) is 2. The zero-order chi connectivity index (χ0) is 19.8. The van der Waals surface area contributed by atoms with Crippen LogP contribution in [0.1, 0.15) is 29.6 Å². The molecule has 9 heteroatoms. The monoisotopic (exact) mass is 378 g/mol. The van der Waals surface area contributed by atoms with Gasteiger partial charge in [-0.3, -0.25) is 9.59 Å². The van der Waals surface area contributed by atoms with Crippen LogP contribution in [0.3, 0.4) is 0 Å². The molecule has 0 radical (unpaired) electrons. The largest absolute Gasteiger partial charge is 0.430 e. The minimum atomic E-state index is -3.14. The fourth-order valence-corrected chi connectivity index (χ4v) is 3.07. The predicted octanol–water partition coefficient (Wildman–Crippen LogP) is 2.65. The summed E-state index contributed by atoms with van der Waals surface area (Å²) in [4.78, 5) is 37.0. The summed E-state index contributed by atoms with van der Waals surface area (Å²) in [7, 11) is 0. The van der Waals surface area contributed by atoms with E-state index in [1.807, 2.05) is 0 Å². The van der Waals surface area contributed by atoms with E-state index in [1.165, 1.54) is 6.07 Å². The number of halogens is 3. The van der Waals surface area contributed by atoms with Crippen LogP contribution in [0.25, 0.3) is 10.8 Å².